The van der Waals surface area contributed by atoms with Crippen molar-refractivity contribution in [1.29, 1.82) is 0 Å². The molecule has 0 atom stereocenters. The van der Waals surface area contributed by atoms with Crippen LogP contribution in [0.25, 0.3) is 0 Å². The average molecular weight is 122 g/mol. The van der Waals surface area contributed by atoms with E-state index in [2.05, 4.69) is 5.16 Å². The highest BCUT2D eigenvalue weighted by molar-refractivity contribution is 6.66. The third-order valence-corrected chi connectivity index (χ3v) is 0.590. The number of oxime groups is 1. The normalized spacial score (nSPS) is 11.3. The van der Waals surface area contributed by atoms with E-state index in [-0.39, 0.29) is 11.6 Å². The van der Waals surface area contributed by atoms with Crippen molar-refractivity contribution in [2.24, 2.45) is 5.16 Å². The summed E-state index contributed by atoms with van der Waals surface area (Å²) in [5.41, 5.74) is 0. The maximum absolute atomic E-state index is 9.50. The van der Waals surface area contributed by atoms with Gasteiger partial charge in [0.2, 0.25) is 0 Å². The molecule has 0 heterocycles. The van der Waals surface area contributed by atoms with Gasteiger partial charge in [0.1, 0.15) is 6.29 Å². The minimum Gasteiger partial charge on any atom is -0.410 e. The summed E-state index contributed by atoms with van der Waals surface area (Å²) in [6, 6.07) is 0. The van der Waals surface area contributed by atoms with Crippen LogP contribution in [0, 0.1) is 0 Å². The van der Waals surface area contributed by atoms with E-state index in [1.165, 1.54) is 0 Å². The fraction of sp³-hybridized carbons (Fsp3) is 0.333. The van der Waals surface area contributed by atoms with E-state index in [0.717, 1.165) is 0 Å². The number of carbonyl (C=O) groups is 1. The number of hydrogen-bond donors (Lipinski definition) is 1. The molecule has 0 aromatic carbocycles. The van der Waals surface area contributed by atoms with Gasteiger partial charge in [0.15, 0.2) is 5.17 Å². The highest BCUT2D eigenvalue weighted by Crippen LogP contribution is 1.85. The first-order valence-corrected chi connectivity index (χ1v) is 1.99. The molecule has 0 bridgehead atoms. The minimum absolute atomic E-state index is 0.0158. The Labute approximate surface area is 45.6 Å². The lowest BCUT2D eigenvalue weighted by atomic mass is 10.5. The van der Waals surface area contributed by atoms with Crippen LogP contribution in [0.2, 0.25) is 0 Å². The van der Waals surface area contributed by atoms with E-state index < -0.39 is 0 Å². The number of hydrogen-bond acceptors (Lipinski definition) is 3. The molecule has 7 heavy (non-hydrogen) atoms. The Hall–Kier alpha value is -0.570. The van der Waals surface area contributed by atoms with Crippen molar-refractivity contribution in [2.45, 2.75) is 6.42 Å². The van der Waals surface area contributed by atoms with E-state index in [4.69, 9.17) is 16.8 Å². The van der Waals surface area contributed by atoms with Crippen LogP contribution in [0.4, 0.5) is 0 Å². The lowest BCUT2D eigenvalue weighted by Gasteiger charge is -1.78. The molecule has 0 saturated carbocycles. The van der Waals surface area contributed by atoms with Gasteiger partial charge >= 0.3 is 0 Å². The molecule has 0 aliphatic heterocycles. The van der Waals surface area contributed by atoms with Crippen molar-refractivity contribution in [3.63, 3.8) is 0 Å². The molecule has 0 fully saturated rings. The first-order valence-electron chi connectivity index (χ1n) is 1.61. The maximum Gasteiger partial charge on any atom is 0.152 e. The highest BCUT2D eigenvalue weighted by Gasteiger charge is 1.87. The van der Waals surface area contributed by atoms with E-state index in [0.29, 0.717) is 6.29 Å². The predicted molar refractivity (Wildman–Crippen MR) is 25.8 cm³/mol. The molecule has 1 N–H and O–H groups in total. The molecule has 40 valence electrons. The number of rotatable bonds is 2. The number of aldehydes is 1. The predicted octanol–water partition coefficient (Wildman–Crippen LogP) is 0.602. The van der Waals surface area contributed by atoms with E-state index in [1.54, 1.807) is 0 Å². The second-order valence-electron chi connectivity index (χ2n) is 0.847. The molecule has 0 aromatic rings. The average Bonchev–Trinajstić information content (AvgIpc) is 1.68. The van der Waals surface area contributed by atoms with Crippen LogP contribution in [0.5, 0.6) is 0 Å². The van der Waals surface area contributed by atoms with Gasteiger partial charge in [-0.05, 0) is 0 Å². The maximum atomic E-state index is 9.50. The molecular weight excluding hydrogens is 117 g/mol. The van der Waals surface area contributed by atoms with Gasteiger partial charge in [-0.1, -0.05) is 16.8 Å². The number of nitrogens with zero attached hydrogens (tertiary/aromatic N) is 1. The third-order valence-electron chi connectivity index (χ3n) is 0.360. The zero-order chi connectivity index (χ0) is 5.70. The monoisotopic (exact) mass is 121 g/mol. The van der Waals surface area contributed by atoms with Crippen LogP contribution in [0.3, 0.4) is 0 Å². The summed E-state index contributed by atoms with van der Waals surface area (Å²) in [4.78, 5) is 9.50. The van der Waals surface area contributed by atoms with Crippen molar-refractivity contribution in [1.82, 2.24) is 0 Å². The van der Waals surface area contributed by atoms with Crippen LogP contribution >= 0.6 is 11.6 Å². The molecule has 0 spiro atoms. The van der Waals surface area contributed by atoms with Crippen molar-refractivity contribution in [3.8, 4) is 0 Å². The summed E-state index contributed by atoms with van der Waals surface area (Å²) in [6.07, 6.45) is 0.542. The Kier molecular flexibility index (Phi) is 3.32. The third kappa shape index (κ3) is 3.26. The summed E-state index contributed by atoms with van der Waals surface area (Å²) in [5, 5.41) is 10.2. The van der Waals surface area contributed by atoms with Crippen molar-refractivity contribution in [3.05, 3.63) is 0 Å². The van der Waals surface area contributed by atoms with Gasteiger partial charge in [-0.3, -0.25) is 0 Å². The van der Waals surface area contributed by atoms with Crippen LogP contribution in [0.15, 0.2) is 5.16 Å². The number of halogens is 1. The Morgan fingerprint density at radius 1 is 2.00 bits per heavy atom. The van der Waals surface area contributed by atoms with E-state index in [9.17, 15) is 4.79 Å². The second kappa shape index (κ2) is 3.61. The Morgan fingerprint density at radius 3 is 2.71 bits per heavy atom. The molecule has 0 radical (unpaired) electrons. The summed E-state index contributed by atoms with van der Waals surface area (Å²) < 4.78 is 0. The lowest BCUT2D eigenvalue weighted by molar-refractivity contribution is -0.106. The number of carbonyl (C=O) groups excluding carboxylic acids is 1. The first kappa shape index (κ1) is 6.43. The van der Waals surface area contributed by atoms with Gasteiger partial charge in [-0.15, -0.1) is 0 Å². The Bertz CT molecular complexity index is 90.9. The molecule has 0 amide bonds. The van der Waals surface area contributed by atoms with Crippen LogP contribution in [-0.2, 0) is 4.79 Å². The summed E-state index contributed by atoms with van der Waals surface area (Å²) in [6.45, 7) is 0. The van der Waals surface area contributed by atoms with Crippen molar-refractivity contribution in [2.75, 3.05) is 0 Å². The molecule has 0 aliphatic carbocycles. The molecule has 3 nitrogen and oxygen atoms in total. The molecule has 0 aromatic heterocycles. The fourth-order valence-electron chi connectivity index (χ4n) is 0.110. The standard InChI is InChI=1S/C3H4ClNO2/c4-3(5-7)1-2-6/h2,7H,1H2. The minimum atomic E-state index is -0.0880. The van der Waals surface area contributed by atoms with E-state index >= 15 is 0 Å². The van der Waals surface area contributed by atoms with Crippen LogP contribution in [-0.4, -0.2) is 16.7 Å². The summed E-state index contributed by atoms with van der Waals surface area (Å²) in [5.74, 6) is 0. The Morgan fingerprint density at radius 2 is 2.57 bits per heavy atom. The molecule has 4 heteroatoms. The van der Waals surface area contributed by atoms with Gasteiger partial charge in [0, 0.05) is 0 Å². The van der Waals surface area contributed by atoms with E-state index in [1.807, 2.05) is 0 Å². The quantitative estimate of drug-likeness (QED) is 0.252. The zero-order valence-corrected chi connectivity index (χ0v) is 4.22. The zero-order valence-electron chi connectivity index (χ0n) is 3.47. The molecule has 0 aliphatic rings. The smallest absolute Gasteiger partial charge is 0.152 e. The first-order chi connectivity index (χ1) is 3.31. The van der Waals surface area contributed by atoms with Crippen LogP contribution < -0.4 is 0 Å². The van der Waals surface area contributed by atoms with Gasteiger partial charge in [-0.25, -0.2) is 0 Å². The SMILES string of the molecule is O=CCC(Cl)=NO. The van der Waals surface area contributed by atoms with Gasteiger partial charge in [0.25, 0.3) is 0 Å². The molecule has 0 rings (SSSR count). The van der Waals surface area contributed by atoms with Gasteiger partial charge < -0.3 is 10.0 Å². The summed E-state index contributed by atoms with van der Waals surface area (Å²) >= 11 is 5.03. The highest BCUT2D eigenvalue weighted by atomic mass is 35.5. The molecule has 0 saturated heterocycles. The van der Waals surface area contributed by atoms with Gasteiger partial charge in [-0.2, -0.15) is 0 Å². The van der Waals surface area contributed by atoms with Gasteiger partial charge in [0.05, 0.1) is 6.42 Å². The summed E-state index contributed by atoms with van der Waals surface area (Å²) in [7, 11) is 0. The topological polar surface area (TPSA) is 49.7 Å². The molecular formula is C3H4ClNO2. The van der Waals surface area contributed by atoms with Crippen LogP contribution in [0.1, 0.15) is 6.42 Å². The molecule has 0 unspecified atom stereocenters. The second-order valence-corrected chi connectivity index (χ2v) is 1.28. The lowest BCUT2D eigenvalue weighted by Crippen LogP contribution is -1.85. The fourth-order valence-corrected chi connectivity index (χ4v) is 0.173. The Balaban J connectivity index is 3.36. The van der Waals surface area contributed by atoms with Crippen molar-refractivity contribution >= 4 is 23.1 Å². The van der Waals surface area contributed by atoms with Crippen molar-refractivity contribution < 1.29 is 10.0 Å². The largest absolute Gasteiger partial charge is 0.410 e.